The maximum atomic E-state index is 7.70. The molecular weight excluding hydrogens is 330 g/mol. The van der Waals surface area contributed by atoms with Gasteiger partial charge in [-0.25, -0.2) is 9.97 Å². The smallest absolute Gasteiger partial charge is 0.135 e. The molecule has 1 aliphatic heterocycles. The molecule has 26 heavy (non-hydrogen) atoms. The van der Waals surface area contributed by atoms with Crippen molar-refractivity contribution >= 4 is 23.5 Å². The molecule has 0 atom stereocenters. The number of morpholine rings is 1. The van der Waals surface area contributed by atoms with E-state index in [4.69, 9.17) is 14.9 Å². The van der Waals surface area contributed by atoms with Gasteiger partial charge in [0.2, 0.25) is 0 Å². The Kier molecular flexibility index (Phi) is 5.68. The summed E-state index contributed by atoms with van der Waals surface area (Å²) in [5.41, 5.74) is 2.57. The van der Waals surface area contributed by atoms with Crippen molar-refractivity contribution in [3.05, 3.63) is 35.7 Å². The van der Waals surface area contributed by atoms with E-state index >= 15 is 0 Å². The number of hydrogen-bond acceptors (Lipinski definition) is 7. The first kappa shape index (κ1) is 18.1. The summed E-state index contributed by atoms with van der Waals surface area (Å²) in [6.45, 7) is 9.03. The predicted octanol–water partition coefficient (Wildman–Crippen LogP) is 3.15. The highest BCUT2D eigenvalue weighted by Crippen LogP contribution is 2.29. The van der Waals surface area contributed by atoms with Gasteiger partial charge < -0.3 is 25.1 Å². The monoisotopic (exact) mass is 355 g/mol. The van der Waals surface area contributed by atoms with E-state index in [0.717, 1.165) is 41.5 Å². The van der Waals surface area contributed by atoms with Gasteiger partial charge >= 0.3 is 0 Å². The summed E-state index contributed by atoms with van der Waals surface area (Å²) in [5.74, 6) is 2.35. The number of aromatic nitrogens is 2. The molecule has 1 aliphatic rings. The third-order valence-corrected chi connectivity index (χ3v) is 4.12. The summed E-state index contributed by atoms with van der Waals surface area (Å²) in [4.78, 5) is 10.9. The van der Waals surface area contributed by atoms with Gasteiger partial charge in [0, 0.05) is 37.0 Å². The minimum Gasteiger partial charge on any atom is -0.491 e. The summed E-state index contributed by atoms with van der Waals surface area (Å²) in [7, 11) is 0. The van der Waals surface area contributed by atoms with Gasteiger partial charge in [0.1, 0.15) is 23.7 Å². The van der Waals surface area contributed by atoms with Crippen molar-refractivity contribution in [2.24, 2.45) is 0 Å². The van der Waals surface area contributed by atoms with E-state index in [2.05, 4.69) is 20.2 Å². The van der Waals surface area contributed by atoms with Gasteiger partial charge in [-0.15, -0.1) is 0 Å². The highest BCUT2D eigenvalue weighted by molar-refractivity contribution is 5.88. The second-order valence-corrected chi connectivity index (χ2v) is 6.50. The van der Waals surface area contributed by atoms with Gasteiger partial charge in [0.25, 0.3) is 0 Å². The van der Waals surface area contributed by atoms with Crippen LogP contribution < -0.4 is 15.0 Å². The first-order valence-electron chi connectivity index (χ1n) is 8.80. The van der Waals surface area contributed by atoms with Crippen LogP contribution in [0, 0.1) is 12.3 Å². The Morgan fingerprint density at radius 3 is 2.69 bits per heavy atom. The molecule has 3 rings (SSSR count). The molecule has 0 radical (unpaired) electrons. The van der Waals surface area contributed by atoms with Gasteiger partial charge in [-0.05, 0) is 32.4 Å². The fraction of sp³-hybridized carbons (Fsp3) is 0.421. The Bertz CT molecular complexity index is 773. The van der Waals surface area contributed by atoms with Crippen molar-refractivity contribution in [2.75, 3.05) is 36.5 Å². The first-order chi connectivity index (χ1) is 12.6. The largest absolute Gasteiger partial charge is 0.491 e. The van der Waals surface area contributed by atoms with Crippen LogP contribution in [0.25, 0.3) is 0 Å². The van der Waals surface area contributed by atoms with Crippen LogP contribution in [0.3, 0.4) is 0 Å². The van der Waals surface area contributed by atoms with E-state index in [9.17, 15) is 0 Å². The third-order valence-electron chi connectivity index (χ3n) is 4.12. The Labute approximate surface area is 153 Å². The summed E-state index contributed by atoms with van der Waals surface area (Å²) in [5, 5.41) is 11.0. The van der Waals surface area contributed by atoms with Crippen LogP contribution in [-0.4, -0.2) is 48.6 Å². The van der Waals surface area contributed by atoms with Crippen molar-refractivity contribution in [1.82, 2.24) is 9.97 Å². The Balaban J connectivity index is 1.86. The summed E-state index contributed by atoms with van der Waals surface area (Å²) in [6.07, 6.45) is 2.97. The lowest BCUT2D eigenvalue weighted by Crippen LogP contribution is -2.36. The Morgan fingerprint density at radius 2 is 2.00 bits per heavy atom. The standard InChI is InChI=1S/C19H25N5O2/c1-13(2)26-17-9-16(15(11-20)8-14(17)3)23-18-10-19(22-12-21-18)24-4-6-25-7-5-24/h8-13,20H,4-7H2,1-3H3,(H,21,22,23). The second-order valence-electron chi connectivity index (χ2n) is 6.50. The average Bonchev–Trinajstić information content (AvgIpc) is 2.65. The molecule has 0 aliphatic carbocycles. The number of ether oxygens (including phenoxy) is 2. The normalized spacial score (nSPS) is 14.4. The highest BCUT2D eigenvalue weighted by atomic mass is 16.5. The van der Waals surface area contributed by atoms with E-state index in [0.29, 0.717) is 19.0 Å². The SMILES string of the molecule is Cc1cc(C=N)c(Nc2cc(N3CCOCC3)ncn2)cc1OC(C)C. The Morgan fingerprint density at radius 1 is 1.23 bits per heavy atom. The van der Waals surface area contributed by atoms with E-state index in [1.165, 1.54) is 6.21 Å². The molecule has 138 valence electrons. The van der Waals surface area contributed by atoms with Crippen molar-refractivity contribution in [3.8, 4) is 5.75 Å². The zero-order valence-corrected chi connectivity index (χ0v) is 15.5. The van der Waals surface area contributed by atoms with E-state index in [-0.39, 0.29) is 6.10 Å². The first-order valence-corrected chi connectivity index (χ1v) is 8.80. The predicted molar refractivity (Wildman–Crippen MR) is 103 cm³/mol. The molecule has 7 heteroatoms. The van der Waals surface area contributed by atoms with E-state index < -0.39 is 0 Å². The van der Waals surface area contributed by atoms with Crippen molar-refractivity contribution in [1.29, 1.82) is 5.41 Å². The van der Waals surface area contributed by atoms with Crippen LogP contribution in [-0.2, 0) is 4.74 Å². The van der Waals surface area contributed by atoms with Crippen LogP contribution in [0.15, 0.2) is 24.5 Å². The molecule has 2 aromatic rings. The van der Waals surface area contributed by atoms with Crippen molar-refractivity contribution in [3.63, 3.8) is 0 Å². The lowest BCUT2D eigenvalue weighted by molar-refractivity contribution is 0.122. The summed E-state index contributed by atoms with van der Waals surface area (Å²) < 4.78 is 11.3. The number of benzene rings is 1. The molecule has 7 nitrogen and oxygen atoms in total. The zero-order valence-electron chi connectivity index (χ0n) is 15.5. The molecule has 0 amide bonds. The third kappa shape index (κ3) is 4.29. The lowest BCUT2D eigenvalue weighted by Gasteiger charge is -2.27. The summed E-state index contributed by atoms with van der Waals surface area (Å²) >= 11 is 0. The number of aryl methyl sites for hydroxylation is 1. The lowest BCUT2D eigenvalue weighted by atomic mass is 10.1. The average molecular weight is 355 g/mol. The second kappa shape index (κ2) is 8.14. The van der Waals surface area contributed by atoms with E-state index in [1.807, 2.05) is 39.0 Å². The van der Waals surface area contributed by atoms with Crippen LogP contribution in [0.4, 0.5) is 17.3 Å². The minimum absolute atomic E-state index is 0.0827. The number of nitrogens with zero attached hydrogens (tertiary/aromatic N) is 3. The fourth-order valence-electron chi connectivity index (χ4n) is 2.84. The molecule has 2 heterocycles. The summed E-state index contributed by atoms with van der Waals surface area (Å²) in [6, 6.07) is 5.78. The molecule has 1 aromatic heterocycles. The van der Waals surface area contributed by atoms with Crippen LogP contribution in [0.1, 0.15) is 25.0 Å². The maximum absolute atomic E-state index is 7.70. The zero-order chi connectivity index (χ0) is 18.5. The molecule has 0 unspecified atom stereocenters. The van der Waals surface area contributed by atoms with Gasteiger partial charge in [0.05, 0.1) is 25.0 Å². The number of anilines is 3. The topological polar surface area (TPSA) is 83.4 Å². The van der Waals surface area contributed by atoms with Gasteiger partial charge in [-0.3, -0.25) is 0 Å². The van der Waals surface area contributed by atoms with Crippen molar-refractivity contribution < 1.29 is 9.47 Å². The maximum Gasteiger partial charge on any atom is 0.135 e. The number of nitrogens with one attached hydrogen (secondary N) is 2. The molecule has 1 saturated heterocycles. The van der Waals surface area contributed by atoms with Crippen molar-refractivity contribution in [2.45, 2.75) is 26.9 Å². The van der Waals surface area contributed by atoms with Crippen LogP contribution in [0.2, 0.25) is 0 Å². The molecular formula is C19H25N5O2. The number of rotatable bonds is 6. The van der Waals surface area contributed by atoms with Crippen LogP contribution in [0.5, 0.6) is 5.75 Å². The minimum atomic E-state index is 0.0827. The number of hydrogen-bond donors (Lipinski definition) is 2. The molecule has 0 spiro atoms. The highest BCUT2D eigenvalue weighted by Gasteiger charge is 2.14. The molecule has 0 bridgehead atoms. The van der Waals surface area contributed by atoms with Gasteiger partial charge in [0.15, 0.2) is 0 Å². The fourth-order valence-corrected chi connectivity index (χ4v) is 2.84. The quantitative estimate of drug-likeness (QED) is 0.775. The molecule has 1 aromatic carbocycles. The van der Waals surface area contributed by atoms with Gasteiger partial charge in [-0.2, -0.15) is 0 Å². The van der Waals surface area contributed by atoms with Gasteiger partial charge in [-0.1, -0.05) is 0 Å². The van der Waals surface area contributed by atoms with Crippen LogP contribution >= 0.6 is 0 Å². The molecule has 1 fully saturated rings. The van der Waals surface area contributed by atoms with E-state index in [1.54, 1.807) is 6.33 Å². The molecule has 2 N–H and O–H groups in total. The Hall–Kier alpha value is -2.67. The molecule has 0 saturated carbocycles.